The minimum Gasteiger partial charge on any atom is -0.379 e. The Morgan fingerprint density at radius 3 is 1.48 bits per heavy atom. The van der Waals surface area contributed by atoms with E-state index in [0.717, 1.165) is 33.9 Å². The monoisotopic (exact) mass is 916 g/mol. The van der Waals surface area contributed by atoms with Crippen molar-refractivity contribution in [2.24, 2.45) is 0 Å². The van der Waals surface area contributed by atoms with Gasteiger partial charge in [0.1, 0.15) is 17.4 Å². The van der Waals surface area contributed by atoms with E-state index in [-0.39, 0.29) is 5.82 Å². The highest BCUT2D eigenvalue weighted by molar-refractivity contribution is 7.68. The predicted octanol–water partition coefficient (Wildman–Crippen LogP) is 11.0. The summed E-state index contributed by atoms with van der Waals surface area (Å²) in [6.07, 6.45) is -0.478. The van der Waals surface area contributed by atoms with Gasteiger partial charge in [-0.05, 0) is 83.9 Å². The lowest BCUT2D eigenvalue weighted by Gasteiger charge is -2.48. The van der Waals surface area contributed by atoms with Crippen molar-refractivity contribution in [2.75, 3.05) is 84.3 Å². The minimum atomic E-state index is -3.78. The lowest BCUT2D eigenvalue weighted by Crippen LogP contribution is -2.54. The van der Waals surface area contributed by atoms with Crippen LogP contribution in [0.5, 0.6) is 0 Å². The number of hydrogen-bond acceptors (Lipinski definition) is 6. The average Bonchev–Trinajstić information content (AvgIpc) is 3.86. The molecule has 0 spiro atoms. The third-order valence-corrected chi connectivity index (χ3v) is 20.2. The predicted molar refractivity (Wildman–Crippen MR) is 256 cm³/mol. The Morgan fingerprint density at radius 2 is 0.953 bits per heavy atom. The molecule has 14 heteroatoms. The Morgan fingerprint density at radius 1 is 0.500 bits per heavy atom. The highest BCUT2D eigenvalue weighted by Gasteiger charge is 2.59. The van der Waals surface area contributed by atoms with Crippen LogP contribution in [0.1, 0.15) is 22.7 Å². The standard InChI is InChI=1S/C50H52ClFN6O4P2/c51-41-25-21-39(22-26-41)50(63(59)55(43-13-5-1-6-14-43)29-30-56(63)44-15-7-2-8-16-44)54-33-36-62-48(38-54)47-37-57(45-17-9-3-10-18-45)64(60,58(47)46-19-11-4-12-20-46)49(53-31-34-61-35-32-53)40-23-27-42(52)28-24-40/h1-28,47-50H,29-38H2. The van der Waals surface area contributed by atoms with Crippen molar-refractivity contribution in [3.8, 4) is 0 Å². The molecule has 10 rings (SSSR count). The second kappa shape index (κ2) is 18.5. The van der Waals surface area contributed by atoms with Crippen LogP contribution in [0.25, 0.3) is 0 Å². The molecular formula is C50H52ClFN6O4P2. The number of morpholine rings is 2. The van der Waals surface area contributed by atoms with Gasteiger partial charge in [0, 0.05) is 73.6 Å². The Bertz CT molecular complexity index is 2530. The highest BCUT2D eigenvalue weighted by Crippen LogP contribution is 2.73. The number of anilines is 4. The molecule has 10 nitrogen and oxygen atoms in total. The van der Waals surface area contributed by atoms with Gasteiger partial charge in [-0.25, -0.2) is 4.39 Å². The van der Waals surface area contributed by atoms with Crippen molar-refractivity contribution >= 4 is 49.2 Å². The van der Waals surface area contributed by atoms with E-state index < -0.39 is 38.6 Å². The van der Waals surface area contributed by atoms with Gasteiger partial charge in [0.15, 0.2) is 0 Å². The number of ether oxygens (including phenoxy) is 2. The van der Waals surface area contributed by atoms with Crippen LogP contribution in [0, 0.1) is 5.82 Å². The van der Waals surface area contributed by atoms with Crippen LogP contribution in [0.4, 0.5) is 27.1 Å². The van der Waals surface area contributed by atoms with Crippen LogP contribution in [-0.2, 0) is 18.6 Å². The summed E-state index contributed by atoms with van der Waals surface area (Å²) in [6.45, 7) is 4.90. The highest BCUT2D eigenvalue weighted by atomic mass is 35.5. The lowest BCUT2D eigenvalue weighted by atomic mass is 10.1. The molecule has 0 aromatic heterocycles. The molecule has 4 aliphatic rings. The fourth-order valence-corrected chi connectivity index (χ4v) is 17.9. The third-order valence-electron chi connectivity index (χ3n) is 13.0. The minimum absolute atomic E-state index is 0.351. The fraction of sp³-hybridized carbons (Fsp3) is 0.280. The van der Waals surface area contributed by atoms with Crippen molar-refractivity contribution in [3.05, 3.63) is 192 Å². The maximum absolute atomic E-state index is 17.3. The van der Waals surface area contributed by atoms with Crippen LogP contribution in [-0.4, -0.2) is 87.6 Å². The second-order valence-corrected chi connectivity index (χ2v) is 22.3. The van der Waals surface area contributed by atoms with E-state index >= 15 is 9.13 Å². The summed E-state index contributed by atoms with van der Waals surface area (Å²) in [5, 5.41) is 0.601. The van der Waals surface area contributed by atoms with Gasteiger partial charge in [-0.3, -0.25) is 23.6 Å². The van der Waals surface area contributed by atoms with Gasteiger partial charge in [0.2, 0.25) is 0 Å². The van der Waals surface area contributed by atoms with Gasteiger partial charge in [-0.1, -0.05) is 109 Å². The zero-order valence-corrected chi connectivity index (χ0v) is 38.1. The van der Waals surface area contributed by atoms with Gasteiger partial charge >= 0.3 is 0 Å². The van der Waals surface area contributed by atoms with Crippen molar-refractivity contribution in [1.82, 2.24) is 9.80 Å². The number of rotatable bonds is 11. The second-order valence-electron chi connectivity index (χ2n) is 16.7. The molecule has 6 aromatic carbocycles. The Hall–Kier alpha value is -4.96. The van der Waals surface area contributed by atoms with Crippen LogP contribution in [0.3, 0.4) is 0 Å². The maximum Gasteiger partial charge on any atom is 0.284 e. The van der Waals surface area contributed by atoms with E-state index in [1.54, 1.807) is 12.1 Å². The number of nitrogens with zero attached hydrogens (tertiary/aromatic N) is 6. The van der Waals surface area contributed by atoms with Gasteiger partial charge in [-0.15, -0.1) is 0 Å². The van der Waals surface area contributed by atoms with Gasteiger partial charge in [-0.2, -0.15) is 0 Å². The normalized spacial score (nSPS) is 23.9. The van der Waals surface area contributed by atoms with E-state index in [4.69, 9.17) is 21.1 Å². The van der Waals surface area contributed by atoms with E-state index in [1.165, 1.54) is 12.1 Å². The largest absolute Gasteiger partial charge is 0.379 e. The number of para-hydroxylation sites is 4. The van der Waals surface area contributed by atoms with Gasteiger partial charge in [0.05, 0.1) is 32.0 Å². The first-order valence-electron chi connectivity index (χ1n) is 22.1. The van der Waals surface area contributed by atoms with Crippen LogP contribution < -0.4 is 18.7 Å². The number of hydrogen-bond donors (Lipinski definition) is 0. The van der Waals surface area contributed by atoms with E-state index in [2.05, 4.69) is 28.5 Å². The number of benzene rings is 6. The Labute approximate surface area is 380 Å². The first kappa shape index (κ1) is 43.0. The summed E-state index contributed by atoms with van der Waals surface area (Å²) < 4.78 is 70.1. The fourth-order valence-electron chi connectivity index (χ4n) is 10.2. The zero-order chi connectivity index (χ0) is 43.7. The van der Waals surface area contributed by atoms with E-state index in [0.29, 0.717) is 70.7 Å². The molecule has 0 radical (unpaired) electrons. The molecule has 6 aromatic rings. The van der Waals surface area contributed by atoms with Crippen LogP contribution >= 0.6 is 26.5 Å². The van der Waals surface area contributed by atoms with Crippen LogP contribution in [0.2, 0.25) is 5.02 Å². The average molecular weight is 917 g/mol. The van der Waals surface area contributed by atoms with Gasteiger partial charge < -0.3 is 23.5 Å². The van der Waals surface area contributed by atoms with Gasteiger partial charge in [0.25, 0.3) is 14.9 Å². The molecule has 4 fully saturated rings. The SMILES string of the molecule is O=P1(C(c2ccc(Cl)cc2)N2CCOC(C3CN(c4ccccc4)P(=O)(C(c4ccc(F)cc4)N4CCOCC4)N3c3ccccc3)C2)N(c2ccccc2)CCN1c1ccccc1. The van der Waals surface area contributed by atoms with Crippen molar-refractivity contribution < 1.29 is 23.0 Å². The molecule has 64 heavy (non-hydrogen) atoms. The molecule has 5 atom stereocenters. The summed E-state index contributed by atoms with van der Waals surface area (Å²) in [5.74, 6) is -1.59. The quantitative estimate of drug-likeness (QED) is 0.117. The number of halogens is 2. The smallest absolute Gasteiger partial charge is 0.284 e. The molecule has 330 valence electrons. The van der Waals surface area contributed by atoms with Crippen molar-refractivity contribution in [1.29, 1.82) is 0 Å². The molecule has 0 aliphatic carbocycles. The van der Waals surface area contributed by atoms with E-state index in [9.17, 15) is 4.39 Å². The van der Waals surface area contributed by atoms with Crippen molar-refractivity contribution in [3.63, 3.8) is 0 Å². The lowest BCUT2D eigenvalue weighted by molar-refractivity contribution is -0.0422. The third kappa shape index (κ3) is 7.96. The molecule has 0 amide bonds. The topological polar surface area (TPSA) is 72.0 Å². The van der Waals surface area contributed by atoms with Crippen LogP contribution in [0.15, 0.2) is 170 Å². The molecule has 5 unspecified atom stereocenters. The molecule has 4 aliphatic heterocycles. The molecular weight excluding hydrogens is 865 g/mol. The summed E-state index contributed by atoms with van der Waals surface area (Å²) in [6, 6.07) is 53.9. The summed E-state index contributed by atoms with van der Waals surface area (Å²) in [5.41, 5.74) is 5.09. The summed E-state index contributed by atoms with van der Waals surface area (Å²) in [4.78, 5) is 4.59. The molecule has 4 saturated heterocycles. The van der Waals surface area contributed by atoms with Crippen molar-refractivity contribution in [2.45, 2.75) is 23.7 Å². The Kier molecular flexibility index (Phi) is 12.4. The molecule has 0 bridgehead atoms. The van der Waals surface area contributed by atoms with E-state index in [1.807, 2.05) is 146 Å². The summed E-state index contributed by atoms with van der Waals surface area (Å²) >= 11 is 6.56. The first-order chi connectivity index (χ1) is 31.3. The Balaban J connectivity index is 1.12. The zero-order valence-electron chi connectivity index (χ0n) is 35.5. The summed E-state index contributed by atoms with van der Waals surface area (Å²) in [7, 11) is -7.36. The molecule has 0 N–H and O–H groups in total. The first-order valence-corrected chi connectivity index (χ1v) is 25.8. The molecule has 4 heterocycles. The maximum atomic E-state index is 17.3. The molecule has 0 saturated carbocycles.